The van der Waals surface area contributed by atoms with Crippen LogP contribution in [0.5, 0.6) is 0 Å². The lowest BCUT2D eigenvalue weighted by Gasteiger charge is -2.24. The summed E-state index contributed by atoms with van der Waals surface area (Å²) in [4.78, 5) is 4.32. The Morgan fingerprint density at radius 1 is 1.29 bits per heavy atom. The summed E-state index contributed by atoms with van der Waals surface area (Å²) in [6.45, 7) is 11.1. The van der Waals surface area contributed by atoms with Gasteiger partial charge in [0, 0.05) is 19.0 Å². The van der Waals surface area contributed by atoms with Crippen LogP contribution >= 0.6 is 0 Å². The Morgan fingerprint density at radius 2 is 1.94 bits per heavy atom. The average Bonchev–Trinajstić information content (AvgIpc) is 2.25. The Morgan fingerprint density at radius 3 is 2.47 bits per heavy atom. The van der Waals surface area contributed by atoms with Gasteiger partial charge in [0.15, 0.2) is 0 Å². The van der Waals surface area contributed by atoms with E-state index in [9.17, 15) is 0 Å². The maximum Gasteiger partial charge on any atom is 0.0784 e. The van der Waals surface area contributed by atoms with E-state index in [0.717, 1.165) is 19.3 Å². The molecule has 0 radical (unpaired) electrons. The zero-order chi connectivity index (χ0) is 12.9. The fourth-order valence-electron chi connectivity index (χ4n) is 2.29. The van der Waals surface area contributed by atoms with Crippen molar-refractivity contribution in [3.05, 3.63) is 36.2 Å². The molecule has 0 fully saturated rings. The van der Waals surface area contributed by atoms with Gasteiger partial charge in [-0.2, -0.15) is 0 Å². The number of aryl methyl sites for hydroxylation is 1. The number of hydrogen-bond donors (Lipinski definition) is 1. The van der Waals surface area contributed by atoms with Crippen molar-refractivity contribution in [2.24, 2.45) is 0 Å². The first-order chi connectivity index (χ1) is 8.00. The molecule has 3 heteroatoms. The number of rotatable bonds is 6. The highest BCUT2D eigenvalue weighted by Crippen LogP contribution is 2.13. The largest absolute Gasteiger partial charge is 0.396 e. The number of aliphatic hydroxyl groups excluding tert-OH is 1. The summed E-state index contributed by atoms with van der Waals surface area (Å²) >= 11 is 0. The number of nitrogens with zero attached hydrogens (tertiary/aromatic N) is 1. The van der Waals surface area contributed by atoms with E-state index >= 15 is 0 Å². The van der Waals surface area contributed by atoms with E-state index < -0.39 is 8.07 Å². The van der Waals surface area contributed by atoms with Crippen molar-refractivity contribution in [1.29, 1.82) is 0 Å². The molecule has 17 heavy (non-hydrogen) atoms. The van der Waals surface area contributed by atoms with Crippen molar-refractivity contribution in [3.63, 3.8) is 0 Å². The van der Waals surface area contributed by atoms with Gasteiger partial charge in [-0.1, -0.05) is 30.9 Å². The highest BCUT2D eigenvalue weighted by molar-refractivity contribution is 6.89. The van der Waals surface area contributed by atoms with E-state index in [-0.39, 0.29) is 6.61 Å². The third kappa shape index (κ3) is 3.79. The Kier molecular flexibility index (Phi) is 5.09. The predicted octanol–water partition coefficient (Wildman–Crippen LogP) is 2.28. The summed E-state index contributed by atoms with van der Waals surface area (Å²) in [5, 5.41) is 10.5. The lowest BCUT2D eigenvalue weighted by Crippen LogP contribution is -2.43. The van der Waals surface area contributed by atoms with E-state index in [4.69, 9.17) is 5.11 Å². The second-order valence-electron chi connectivity index (χ2n) is 5.40. The SMILES string of the molecule is C=CCc1cncc(CCCO)c1[Si](C)(C)C. The van der Waals surface area contributed by atoms with Gasteiger partial charge in [-0.15, -0.1) is 6.58 Å². The lowest BCUT2D eigenvalue weighted by atomic mass is 10.1. The van der Waals surface area contributed by atoms with E-state index in [1.807, 2.05) is 18.5 Å². The van der Waals surface area contributed by atoms with Gasteiger partial charge < -0.3 is 5.11 Å². The minimum Gasteiger partial charge on any atom is -0.396 e. The summed E-state index contributed by atoms with van der Waals surface area (Å²) in [6, 6.07) is 0. The highest BCUT2D eigenvalue weighted by atomic mass is 28.3. The average molecular weight is 249 g/mol. The maximum absolute atomic E-state index is 8.97. The monoisotopic (exact) mass is 249 g/mol. The molecule has 0 saturated carbocycles. The molecule has 0 aliphatic rings. The molecule has 1 heterocycles. The normalized spacial score (nSPS) is 11.5. The van der Waals surface area contributed by atoms with Crippen LogP contribution < -0.4 is 5.19 Å². The molecule has 0 saturated heterocycles. The van der Waals surface area contributed by atoms with Gasteiger partial charge in [0.2, 0.25) is 0 Å². The topological polar surface area (TPSA) is 33.1 Å². The van der Waals surface area contributed by atoms with Crippen LogP contribution in [0.4, 0.5) is 0 Å². The first-order valence-corrected chi connectivity index (χ1v) is 9.68. The van der Waals surface area contributed by atoms with Gasteiger partial charge >= 0.3 is 0 Å². The van der Waals surface area contributed by atoms with E-state index in [1.165, 1.54) is 16.3 Å². The van der Waals surface area contributed by atoms with Gasteiger partial charge in [-0.25, -0.2) is 0 Å². The van der Waals surface area contributed by atoms with Crippen molar-refractivity contribution in [1.82, 2.24) is 4.98 Å². The van der Waals surface area contributed by atoms with Crippen LogP contribution in [0.25, 0.3) is 0 Å². The van der Waals surface area contributed by atoms with Gasteiger partial charge in [-0.3, -0.25) is 4.98 Å². The zero-order valence-electron chi connectivity index (χ0n) is 11.2. The van der Waals surface area contributed by atoms with Crippen molar-refractivity contribution < 1.29 is 5.11 Å². The minimum absolute atomic E-state index is 0.247. The van der Waals surface area contributed by atoms with E-state index in [1.54, 1.807) is 0 Å². The molecular formula is C14H23NOSi. The van der Waals surface area contributed by atoms with Gasteiger partial charge in [0.25, 0.3) is 0 Å². The molecule has 0 bridgehead atoms. The second kappa shape index (κ2) is 6.12. The highest BCUT2D eigenvalue weighted by Gasteiger charge is 2.23. The van der Waals surface area contributed by atoms with Crippen LogP contribution in [0, 0.1) is 0 Å². The molecule has 0 aliphatic carbocycles. The molecule has 0 amide bonds. The first kappa shape index (κ1) is 14.1. The second-order valence-corrected chi connectivity index (χ2v) is 10.4. The van der Waals surface area contributed by atoms with Gasteiger partial charge in [0.1, 0.15) is 0 Å². The minimum atomic E-state index is -1.38. The summed E-state index contributed by atoms with van der Waals surface area (Å²) in [5.74, 6) is 0. The molecule has 0 unspecified atom stereocenters. The predicted molar refractivity (Wildman–Crippen MR) is 76.5 cm³/mol. The van der Waals surface area contributed by atoms with Crippen LogP contribution in [0.1, 0.15) is 17.5 Å². The van der Waals surface area contributed by atoms with Crippen molar-refractivity contribution in [3.8, 4) is 0 Å². The number of hydrogen-bond acceptors (Lipinski definition) is 2. The van der Waals surface area contributed by atoms with E-state index in [2.05, 4.69) is 31.2 Å². The Hall–Kier alpha value is -0.933. The Balaban J connectivity index is 3.19. The number of pyridine rings is 1. The van der Waals surface area contributed by atoms with Crippen LogP contribution in [0.3, 0.4) is 0 Å². The molecule has 0 aromatic carbocycles. The molecular weight excluding hydrogens is 226 g/mol. The number of aliphatic hydroxyl groups is 1. The summed E-state index contributed by atoms with van der Waals surface area (Å²) < 4.78 is 0. The summed E-state index contributed by atoms with van der Waals surface area (Å²) in [5.41, 5.74) is 2.63. The number of aromatic nitrogens is 1. The third-order valence-electron chi connectivity index (χ3n) is 2.82. The molecule has 94 valence electrons. The molecule has 1 N–H and O–H groups in total. The Labute approximate surface area is 105 Å². The molecule has 2 nitrogen and oxygen atoms in total. The van der Waals surface area contributed by atoms with Gasteiger partial charge in [-0.05, 0) is 30.4 Å². The molecule has 0 aliphatic heterocycles. The Bertz CT molecular complexity index is 382. The smallest absolute Gasteiger partial charge is 0.0784 e. The van der Waals surface area contributed by atoms with Crippen molar-refractivity contribution in [2.75, 3.05) is 6.61 Å². The van der Waals surface area contributed by atoms with Crippen LogP contribution in [-0.2, 0) is 12.8 Å². The fourth-order valence-corrected chi connectivity index (χ4v) is 4.57. The number of allylic oxidation sites excluding steroid dienone is 1. The summed E-state index contributed by atoms with van der Waals surface area (Å²) in [6.07, 6.45) is 8.51. The standard InChI is InChI=1S/C14H23NOSi/c1-5-7-12-10-15-11-13(8-6-9-16)14(12)17(2,3)4/h5,10-11,16H,1,6-9H2,2-4H3. The molecule has 0 atom stereocenters. The summed E-state index contributed by atoms with van der Waals surface area (Å²) in [7, 11) is -1.38. The molecule has 1 rings (SSSR count). The van der Waals surface area contributed by atoms with Gasteiger partial charge in [0.05, 0.1) is 8.07 Å². The molecule has 1 aromatic rings. The van der Waals surface area contributed by atoms with Crippen molar-refractivity contribution in [2.45, 2.75) is 38.9 Å². The first-order valence-electron chi connectivity index (χ1n) is 6.18. The molecule has 1 aromatic heterocycles. The van der Waals surface area contributed by atoms with Crippen molar-refractivity contribution >= 4 is 13.3 Å². The molecule has 0 spiro atoms. The van der Waals surface area contributed by atoms with E-state index in [0.29, 0.717) is 0 Å². The quantitative estimate of drug-likeness (QED) is 0.620. The van der Waals surface area contributed by atoms with Crippen LogP contribution in [-0.4, -0.2) is 24.8 Å². The third-order valence-corrected chi connectivity index (χ3v) is 4.96. The fraction of sp³-hybridized carbons (Fsp3) is 0.500. The van der Waals surface area contributed by atoms with Crippen LogP contribution in [0.2, 0.25) is 19.6 Å². The van der Waals surface area contributed by atoms with Crippen LogP contribution in [0.15, 0.2) is 25.0 Å². The zero-order valence-corrected chi connectivity index (χ0v) is 12.2. The lowest BCUT2D eigenvalue weighted by molar-refractivity contribution is 0.288. The maximum atomic E-state index is 8.97.